The van der Waals surface area contributed by atoms with Crippen LogP contribution in [0.25, 0.3) is 0 Å². The van der Waals surface area contributed by atoms with Gasteiger partial charge < -0.3 is 35.4 Å². The van der Waals surface area contributed by atoms with E-state index in [9.17, 15) is 29.1 Å². The summed E-state index contributed by atoms with van der Waals surface area (Å²) in [6, 6.07) is -2.57. The predicted molar refractivity (Wildman–Crippen MR) is 133 cm³/mol. The summed E-state index contributed by atoms with van der Waals surface area (Å²) in [5, 5.41) is 18.3. The van der Waals surface area contributed by atoms with Gasteiger partial charge in [0.2, 0.25) is 11.8 Å². The van der Waals surface area contributed by atoms with Crippen LogP contribution in [-0.4, -0.2) is 90.8 Å². The van der Waals surface area contributed by atoms with Gasteiger partial charge in [-0.1, -0.05) is 26.0 Å². The van der Waals surface area contributed by atoms with E-state index in [2.05, 4.69) is 20.7 Å². The number of rotatable bonds is 7. The molecule has 0 radical (unpaired) electrons. The van der Waals surface area contributed by atoms with Gasteiger partial charge in [0.05, 0.1) is 19.8 Å². The summed E-state index contributed by atoms with van der Waals surface area (Å²) < 4.78 is 9.68. The number of allylic oxidation sites excluding steroid dienone is 2. The molecule has 0 aliphatic carbocycles. The Morgan fingerprint density at radius 2 is 1.86 bits per heavy atom. The first-order valence-electron chi connectivity index (χ1n) is 12.9. The molecule has 0 spiro atoms. The van der Waals surface area contributed by atoms with Crippen molar-refractivity contribution in [1.29, 1.82) is 0 Å². The van der Waals surface area contributed by atoms with E-state index in [1.54, 1.807) is 0 Å². The van der Waals surface area contributed by atoms with Crippen molar-refractivity contribution in [3.05, 3.63) is 12.2 Å². The van der Waals surface area contributed by atoms with Crippen LogP contribution in [0, 0.1) is 5.92 Å². The second kappa shape index (κ2) is 15.2. The molecule has 2 aliphatic heterocycles. The Kier molecular flexibility index (Phi) is 12.3. The quantitative estimate of drug-likeness (QED) is 0.274. The van der Waals surface area contributed by atoms with Crippen molar-refractivity contribution in [3.8, 4) is 0 Å². The van der Waals surface area contributed by atoms with Gasteiger partial charge in [-0.3, -0.25) is 19.2 Å². The lowest BCUT2D eigenvalue weighted by atomic mass is 10.0. The molecular weight excluding hydrogens is 484 g/mol. The van der Waals surface area contributed by atoms with Crippen molar-refractivity contribution in [2.24, 2.45) is 5.92 Å². The number of methoxy groups -OCH3 is 1. The minimum Gasteiger partial charge on any atom is -0.468 e. The normalized spacial score (nSPS) is 24.8. The van der Waals surface area contributed by atoms with Gasteiger partial charge in [-0.15, -0.1) is 0 Å². The molecule has 4 N–H and O–H groups in total. The minimum absolute atomic E-state index is 0.144. The number of carbonyl (C=O) groups is 5. The van der Waals surface area contributed by atoms with Gasteiger partial charge in [-0.05, 0) is 50.9 Å². The second-order valence-corrected chi connectivity index (χ2v) is 9.71. The average molecular weight is 525 g/mol. The van der Waals surface area contributed by atoms with Crippen LogP contribution in [0.15, 0.2) is 12.2 Å². The van der Waals surface area contributed by atoms with Gasteiger partial charge in [0, 0.05) is 6.54 Å². The number of nitrogens with zero attached hydrogens (tertiary/aromatic N) is 1. The lowest BCUT2D eigenvalue weighted by Crippen LogP contribution is -2.57. The zero-order valence-corrected chi connectivity index (χ0v) is 21.9. The Hall–Kier alpha value is -3.15. The van der Waals surface area contributed by atoms with Crippen molar-refractivity contribution >= 4 is 29.8 Å². The molecule has 4 atom stereocenters. The van der Waals surface area contributed by atoms with E-state index in [4.69, 9.17) is 4.74 Å². The van der Waals surface area contributed by atoms with Gasteiger partial charge in [0.25, 0.3) is 5.91 Å². The predicted octanol–water partition coefficient (Wildman–Crippen LogP) is 0.383. The molecule has 2 heterocycles. The average Bonchev–Trinajstić information content (AvgIpc) is 3.37. The van der Waals surface area contributed by atoms with E-state index in [0.29, 0.717) is 51.5 Å². The highest BCUT2D eigenvalue weighted by Crippen LogP contribution is 2.21. The van der Waals surface area contributed by atoms with Crippen molar-refractivity contribution in [2.75, 3.05) is 26.8 Å². The minimum atomic E-state index is -1.60. The zero-order chi connectivity index (χ0) is 27.4. The zero-order valence-electron chi connectivity index (χ0n) is 21.9. The first-order chi connectivity index (χ1) is 17.6. The number of aliphatic hydroxyl groups excluding tert-OH is 1. The molecule has 2 aliphatic rings. The van der Waals surface area contributed by atoms with Crippen LogP contribution >= 0.6 is 0 Å². The first-order valence-corrected chi connectivity index (χ1v) is 12.9. The molecule has 37 heavy (non-hydrogen) atoms. The largest absolute Gasteiger partial charge is 0.468 e. The Morgan fingerprint density at radius 3 is 2.57 bits per heavy atom. The number of hydrogen-bond acceptors (Lipinski definition) is 8. The fourth-order valence-corrected chi connectivity index (χ4v) is 4.25. The third kappa shape index (κ3) is 9.67. The molecule has 0 saturated carbocycles. The van der Waals surface area contributed by atoms with E-state index >= 15 is 0 Å². The van der Waals surface area contributed by atoms with E-state index in [1.165, 1.54) is 12.0 Å². The lowest BCUT2D eigenvalue weighted by Gasteiger charge is -2.31. The van der Waals surface area contributed by atoms with Crippen molar-refractivity contribution in [1.82, 2.24) is 20.9 Å². The molecule has 208 valence electrons. The molecule has 12 nitrogen and oxygen atoms in total. The van der Waals surface area contributed by atoms with Crippen molar-refractivity contribution < 1.29 is 38.6 Å². The van der Waals surface area contributed by atoms with Gasteiger partial charge in [0.1, 0.15) is 18.6 Å². The summed E-state index contributed by atoms with van der Waals surface area (Å²) in [5.74, 6) is -2.19. The summed E-state index contributed by atoms with van der Waals surface area (Å²) in [4.78, 5) is 64.1. The number of nitrogens with one attached hydrogen (secondary N) is 3. The van der Waals surface area contributed by atoms with Gasteiger partial charge in [0.15, 0.2) is 6.10 Å². The first kappa shape index (κ1) is 30.1. The maximum atomic E-state index is 13.4. The summed E-state index contributed by atoms with van der Waals surface area (Å²) in [5.41, 5.74) is 0. The fourth-order valence-electron chi connectivity index (χ4n) is 4.25. The fraction of sp³-hybridized carbons (Fsp3) is 0.720. The van der Waals surface area contributed by atoms with Gasteiger partial charge in [-0.2, -0.15) is 0 Å². The molecule has 0 aromatic heterocycles. The summed E-state index contributed by atoms with van der Waals surface area (Å²) in [7, 11) is 1.18. The molecule has 1 fully saturated rings. The number of esters is 1. The standard InChI is InChI=1S/C25H40N4O8/c1-16(2)15-37-25(35)28-18-11-8-6-4-5-7-10-17(21(31)23(33)26-14-20(30)36-3)27-22(32)19-12-9-13-29(19)24(18)34/h4,6,16-19,21,31H,5,7-15H2,1-3H3,(H,26,33)(H,27,32)(H,28,35)/b6-4-/t17-,18-,19-,21?/m0/s1. The Bertz CT molecular complexity index is 847. The van der Waals surface area contributed by atoms with Crippen LogP contribution < -0.4 is 16.0 Å². The van der Waals surface area contributed by atoms with E-state index in [-0.39, 0.29) is 18.4 Å². The van der Waals surface area contributed by atoms with E-state index < -0.39 is 54.7 Å². The van der Waals surface area contributed by atoms with Crippen LogP contribution in [0.2, 0.25) is 0 Å². The highest BCUT2D eigenvalue weighted by atomic mass is 16.5. The molecule has 0 bridgehead atoms. The number of amides is 4. The van der Waals surface area contributed by atoms with Gasteiger partial charge >= 0.3 is 12.1 Å². The molecular formula is C25H40N4O8. The molecule has 0 aromatic rings. The molecule has 1 unspecified atom stereocenters. The van der Waals surface area contributed by atoms with Crippen molar-refractivity contribution in [3.63, 3.8) is 0 Å². The Morgan fingerprint density at radius 1 is 1.14 bits per heavy atom. The van der Waals surface area contributed by atoms with E-state index in [1.807, 2.05) is 26.0 Å². The molecule has 1 saturated heterocycles. The highest BCUT2D eigenvalue weighted by Gasteiger charge is 2.39. The summed E-state index contributed by atoms with van der Waals surface area (Å²) in [6.45, 7) is 3.97. The van der Waals surface area contributed by atoms with Gasteiger partial charge in [-0.25, -0.2) is 4.79 Å². The van der Waals surface area contributed by atoms with Crippen LogP contribution in [0.4, 0.5) is 4.79 Å². The SMILES string of the molecule is COC(=O)CNC(=O)C(O)[C@@H]1CCC/C=C\CC[C@H](NC(=O)OCC(C)C)C(=O)N2CCC[C@H]2C(=O)N1. The molecule has 12 heteroatoms. The van der Waals surface area contributed by atoms with Crippen molar-refractivity contribution in [2.45, 2.75) is 83.0 Å². The van der Waals surface area contributed by atoms with Crippen LogP contribution in [0.3, 0.4) is 0 Å². The molecule has 2 rings (SSSR count). The van der Waals surface area contributed by atoms with Crippen LogP contribution in [0.1, 0.15) is 58.8 Å². The topological polar surface area (TPSA) is 163 Å². The Balaban J connectivity index is 2.17. The second-order valence-electron chi connectivity index (χ2n) is 9.71. The highest BCUT2D eigenvalue weighted by molar-refractivity contribution is 5.92. The maximum Gasteiger partial charge on any atom is 0.407 e. The lowest BCUT2D eigenvalue weighted by molar-refractivity contribution is -0.143. The summed E-state index contributed by atoms with van der Waals surface area (Å²) in [6.07, 6.45) is 5.00. The molecule has 4 amide bonds. The number of ether oxygens (including phenoxy) is 2. The number of hydrogen-bond donors (Lipinski definition) is 4. The third-order valence-corrected chi connectivity index (χ3v) is 6.26. The van der Waals surface area contributed by atoms with E-state index in [0.717, 1.165) is 0 Å². The number of alkyl carbamates (subject to hydrolysis) is 1. The Labute approximate surface area is 217 Å². The van der Waals surface area contributed by atoms with Crippen LogP contribution in [-0.2, 0) is 28.7 Å². The maximum absolute atomic E-state index is 13.4. The number of carbonyl (C=O) groups excluding carboxylic acids is 5. The molecule has 0 aromatic carbocycles. The number of fused-ring (bicyclic) bond motifs is 1. The monoisotopic (exact) mass is 524 g/mol. The smallest absolute Gasteiger partial charge is 0.407 e. The van der Waals surface area contributed by atoms with Crippen LogP contribution in [0.5, 0.6) is 0 Å². The third-order valence-electron chi connectivity index (χ3n) is 6.26. The summed E-state index contributed by atoms with van der Waals surface area (Å²) >= 11 is 0. The number of aliphatic hydroxyl groups is 1.